The normalized spacial score (nSPS) is 12.0. The zero-order valence-corrected chi connectivity index (χ0v) is 14.2. The van der Waals surface area contributed by atoms with Gasteiger partial charge in [0.05, 0.1) is 10.7 Å². The minimum absolute atomic E-state index is 0.420. The van der Waals surface area contributed by atoms with Gasteiger partial charge in [-0.3, -0.25) is 4.79 Å². The summed E-state index contributed by atoms with van der Waals surface area (Å²) in [7, 11) is 0. The molecule has 0 aliphatic carbocycles. The number of halogens is 1. The second kappa shape index (κ2) is 8.31. The van der Waals surface area contributed by atoms with Crippen molar-refractivity contribution in [1.29, 1.82) is 0 Å². The molecule has 0 aromatic heterocycles. The number of amides is 1. The average molecular weight is 344 g/mol. The van der Waals surface area contributed by atoms with E-state index in [1.165, 1.54) is 13.0 Å². The van der Waals surface area contributed by atoms with Gasteiger partial charge in [-0.15, -0.1) is 0 Å². The fourth-order valence-electron chi connectivity index (χ4n) is 2.00. The van der Waals surface area contributed by atoms with Gasteiger partial charge in [0.25, 0.3) is 5.91 Å². The molecule has 0 aliphatic heterocycles. The molecular formula is C19H18ClNO3. The molecule has 124 valence electrons. The van der Waals surface area contributed by atoms with Gasteiger partial charge in [-0.25, -0.2) is 4.79 Å². The highest BCUT2D eigenvalue weighted by atomic mass is 35.5. The molecule has 1 atom stereocenters. The number of carbonyl (C=O) groups is 2. The van der Waals surface area contributed by atoms with Crippen molar-refractivity contribution in [3.63, 3.8) is 0 Å². The number of rotatable bonds is 5. The van der Waals surface area contributed by atoms with Crippen LogP contribution in [0.5, 0.6) is 0 Å². The second-order valence-electron chi connectivity index (χ2n) is 5.30. The van der Waals surface area contributed by atoms with Crippen molar-refractivity contribution in [2.45, 2.75) is 20.0 Å². The monoisotopic (exact) mass is 343 g/mol. The van der Waals surface area contributed by atoms with E-state index in [9.17, 15) is 9.59 Å². The first-order valence-electron chi connectivity index (χ1n) is 7.46. The van der Waals surface area contributed by atoms with Crippen molar-refractivity contribution in [1.82, 2.24) is 0 Å². The number of benzene rings is 2. The summed E-state index contributed by atoms with van der Waals surface area (Å²) in [4.78, 5) is 23.9. The maximum atomic E-state index is 12.0. The first kappa shape index (κ1) is 17.8. The summed E-state index contributed by atoms with van der Waals surface area (Å²) < 4.78 is 5.10. The van der Waals surface area contributed by atoms with Crippen LogP contribution in [0.3, 0.4) is 0 Å². The second-order valence-corrected chi connectivity index (χ2v) is 5.70. The van der Waals surface area contributed by atoms with Crippen LogP contribution >= 0.6 is 11.6 Å². The van der Waals surface area contributed by atoms with E-state index in [-0.39, 0.29) is 0 Å². The Morgan fingerprint density at radius 2 is 1.92 bits per heavy atom. The van der Waals surface area contributed by atoms with Gasteiger partial charge in [0, 0.05) is 6.08 Å². The van der Waals surface area contributed by atoms with Gasteiger partial charge in [0.15, 0.2) is 6.10 Å². The van der Waals surface area contributed by atoms with Crippen LogP contribution < -0.4 is 5.32 Å². The Labute approximate surface area is 146 Å². The Morgan fingerprint density at radius 3 is 2.62 bits per heavy atom. The van der Waals surface area contributed by atoms with Crippen LogP contribution in [0.2, 0.25) is 5.02 Å². The van der Waals surface area contributed by atoms with Crippen molar-refractivity contribution >= 4 is 35.2 Å². The SMILES string of the molecule is Cc1cccc(/C=C/C(=O)O[C@@H](C)C(=O)Nc2ccccc2Cl)c1. The number of para-hydroxylation sites is 1. The Morgan fingerprint density at radius 1 is 1.17 bits per heavy atom. The summed E-state index contributed by atoms with van der Waals surface area (Å²) in [5.41, 5.74) is 2.46. The number of hydrogen-bond donors (Lipinski definition) is 1. The molecular weight excluding hydrogens is 326 g/mol. The molecule has 4 nitrogen and oxygen atoms in total. The molecule has 1 N–H and O–H groups in total. The highest BCUT2D eigenvalue weighted by Crippen LogP contribution is 2.20. The molecule has 0 heterocycles. The van der Waals surface area contributed by atoms with E-state index in [0.29, 0.717) is 10.7 Å². The van der Waals surface area contributed by atoms with Gasteiger partial charge in [-0.1, -0.05) is 53.6 Å². The van der Waals surface area contributed by atoms with Crippen LogP contribution in [-0.2, 0) is 14.3 Å². The van der Waals surface area contributed by atoms with Crippen LogP contribution in [0, 0.1) is 6.92 Å². The smallest absolute Gasteiger partial charge is 0.331 e. The van der Waals surface area contributed by atoms with Gasteiger partial charge in [0.2, 0.25) is 0 Å². The zero-order chi connectivity index (χ0) is 17.5. The maximum Gasteiger partial charge on any atom is 0.331 e. The molecule has 0 fully saturated rings. The Kier molecular flexibility index (Phi) is 6.15. The lowest BCUT2D eigenvalue weighted by Crippen LogP contribution is -2.29. The molecule has 1 amide bonds. The average Bonchev–Trinajstić information content (AvgIpc) is 2.55. The van der Waals surface area contributed by atoms with E-state index in [4.69, 9.17) is 16.3 Å². The minimum Gasteiger partial charge on any atom is -0.449 e. The first-order chi connectivity index (χ1) is 11.5. The lowest BCUT2D eigenvalue weighted by molar-refractivity contribution is -0.148. The van der Waals surface area contributed by atoms with Crippen molar-refractivity contribution in [3.8, 4) is 0 Å². The fourth-order valence-corrected chi connectivity index (χ4v) is 2.19. The summed E-state index contributed by atoms with van der Waals surface area (Å²) in [6.45, 7) is 3.47. The number of hydrogen-bond acceptors (Lipinski definition) is 3. The van der Waals surface area contributed by atoms with Gasteiger partial charge < -0.3 is 10.1 Å². The number of esters is 1. The summed E-state index contributed by atoms with van der Waals surface area (Å²) >= 11 is 5.98. The molecule has 24 heavy (non-hydrogen) atoms. The molecule has 0 radical (unpaired) electrons. The van der Waals surface area contributed by atoms with Crippen LogP contribution in [0.4, 0.5) is 5.69 Å². The van der Waals surface area contributed by atoms with Crippen molar-refractivity contribution in [2.24, 2.45) is 0 Å². The molecule has 2 rings (SSSR count). The van der Waals surface area contributed by atoms with Gasteiger partial charge in [0.1, 0.15) is 0 Å². The van der Waals surface area contributed by atoms with Crippen LogP contribution in [0.15, 0.2) is 54.6 Å². The topological polar surface area (TPSA) is 55.4 Å². The summed E-state index contributed by atoms with van der Waals surface area (Å²) in [5, 5.41) is 3.04. The van der Waals surface area contributed by atoms with E-state index >= 15 is 0 Å². The van der Waals surface area contributed by atoms with Crippen LogP contribution in [0.1, 0.15) is 18.1 Å². The van der Waals surface area contributed by atoms with Gasteiger partial charge in [-0.2, -0.15) is 0 Å². The van der Waals surface area contributed by atoms with Gasteiger partial charge in [-0.05, 0) is 37.6 Å². The third kappa shape index (κ3) is 5.25. The van der Waals surface area contributed by atoms with E-state index < -0.39 is 18.0 Å². The minimum atomic E-state index is -0.934. The van der Waals surface area contributed by atoms with E-state index in [0.717, 1.165) is 11.1 Å². The largest absolute Gasteiger partial charge is 0.449 e. The third-order valence-electron chi connectivity index (χ3n) is 3.25. The quantitative estimate of drug-likeness (QED) is 0.652. The summed E-state index contributed by atoms with van der Waals surface area (Å²) in [6.07, 6.45) is 2.01. The molecule has 2 aromatic carbocycles. The van der Waals surface area contributed by atoms with Crippen molar-refractivity contribution in [2.75, 3.05) is 5.32 Å². The van der Waals surface area contributed by atoms with Gasteiger partial charge >= 0.3 is 5.97 Å². The van der Waals surface area contributed by atoms with Crippen molar-refractivity contribution in [3.05, 3.63) is 70.8 Å². The Hall–Kier alpha value is -2.59. The fraction of sp³-hybridized carbons (Fsp3) is 0.158. The van der Waals surface area contributed by atoms with Crippen LogP contribution in [0.25, 0.3) is 6.08 Å². The molecule has 0 aliphatic rings. The molecule has 0 saturated carbocycles. The van der Waals surface area contributed by atoms with Crippen molar-refractivity contribution < 1.29 is 14.3 Å². The Bertz CT molecular complexity index is 771. The van der Waals surface area contributed by atoms with E-state index in [1.54, 1.807) is 30.3 Å². The predicted octanol–water partition coefficient (Wildman–Crippen LogP) is 4.23. The third-order valence-corrected chi connectivity index (χ3v) is 3.58. The predicted molar refractivity (Wildman–Crippen MR) is 95.8 cm³/mol. The molecule has 0 saturated heterocycles. The molecule has 5 heteroatoms. The number of nitrogens with one attached hydrogen (secondary N) is 1. The van der Waals surface area contributed by atoms with E-state index in [2.05, 4.69) is 5.32 Å². The molecule has 0 spiro atoms. The summed E-state index contributed by atoms with van der Waals surface area (Å²) in [6, 6.07) is 14.5. The van der Waals surface area contributed by atoms with E-state index in [1.807, 2.05) is 31.2 Å². The highest BCUT2D eigenvalue weighted by molar-refractivity contribution is 6.33. The molecule has 0 bridgehead atoms. The lowest BCUT2D eigenvalue weighted by Gasteiger charge is -2.13. The Balaban J connectivity index is 1.91. The lowest BCUT2D eigenvalue weighted by atomic mass is 10.1. The molecule has 0 unspecified atom stereocenters. The zero-order valence-electron chi connectivity index (χ0n) is 13.5. The van der Waals surface area contributed by atoms with Crippen LogP contribution in [-0.4, -0.2) is 18.0 Å². The number of carbonyl (C=O) groups excluding carboxylic acids is 2. The number of aryl methyl sites for hydroxylation is 1. The summed E-state index contributed by atoms with van der Waals surface area (Å²) in [5.74, 6) is -1.03. The maximum absolute atomic E-state index is 12.0. The number of anilines is 1. The molecule has 2 aromatic rings. The highest BCUT2D eigenvalue weighted by Gasteiger charge is 2.17. The standard InChI is InChI=1S/C19H18ClNO3/c1-13-6-5-7-15(12-13)10-11-18(22)24-14(2)19(23)21-17-9-4-3-8-16(17)20/h3-12,14H,1-2H3,(H,21,23)/b11-10+/t14-/m0/s1. The number of ether oxygens (including phenoxy) is 1. The first-order valence-corrected chi connectivity index (χ1v) is 7.84.